The first-order valence-corrected chi connectivity index (χ1v) is 6.92. The van der Waals surface area contributed by atoms with Crippen molar-refractivity contribution in [3.63, 3.8) is 0 Å². The van der Waals surface area contributed by atoms with E-state index in [0.717, 1.165) is 6.54 Å². The average Bonchev–Trinajstić information content (AvgIpc) is 3.08. The van der Waals surface area contributed by atoms with Crippen LogP contribution in [0.1, 0.15) is 10.6 Å². The van der Waals surface area contributed by atoms with Gasteiger partial charge < -0.3 is 19.4 Å². The third-order valence-corrected chi connectivity index (χ3v) is 3.42. The minimum Gasteiger partial charge on any atom is -0.490 e. The summed E-state index contributed by atoms with van der Waals surface area (Å²) in [6, 6.07) is 7.04. The number of piperazine rings is 1. The van der Waals surface area contributed by atoms with Crippen molar-refractivity contribution in [1.82, 2.24) is 15.2 Å². The molecule has 1 N–H and O–H groups in total. The van der Waals surface area contributed by atoms with Crippen molar-refractivity contribution in [2.45, 2.75) is 6.04 Å². The van der Waals surface area contributed by atoms with Crippen LogP contribution in [0.15, 0.2) is 47.3 Å². The average molecular weight is 360 g/mol. The van der Waals surface area contributed by atoms with E-state index in [1.54, 1.807) is 29.4 Å². The summed E-state index contributed by atoms with van der Waals surface area (Å²) < 4.78 is 10.9. The molecule has 1 aliphatic heterocycles. The van der Waals surface area contributed by atoms with E-state index in [4.69, 9.17) is 9.15 Å². The normalized spacial score (nSPS) is 16.9. The Morgan fingerprint density at radius 2 is 2.26 bits per heavy atom. The molecular formula is C15H19Cl2N3O3. The summed E-state index contributed by atoms with van der Waals surface area (Å²) in [6.45, 7) is 2.54. The quantitative estimate of drug-likeness (QED) is 0.904. The molecule has 0 aliphatic carbocycles. The van der Waals surface area contributed by atoms with E-state index in [2.05, 4.69) is 10.3 Å². The van der Waals surface area contributed by atoms with E-state index in [1.165, 1.54) is 6.26 Å². The first-order valence-electron chi connectivity index (χ1n) is 6.92. The van der Waals surface area contributed by atoms with Gasteiger partial charge >= 0.3 is 0 Å². The van der Waals surface area contributed by atoms with Gasteiger partial charge in [-0.05, 0) is 24.3 Å². The Bertz CT molecular complexity index is 581. The minimum absolute atomic E-state index is 0. The highest BCUT2D eigenvalue weighted by molar-refractivity contribution is 5.91. The third-order valence-electron chi connectivity index (χ3n) is 3.42. The van der Waals surface area contributed by atoms with Gasteiger partial charge in [-0.15, -0.1) is 24.8 Å². The van der Waals surface area contributed by atoms with Crippen LogP contribution < -0.4 is 10.1 Å². The number of hydrogen-bond acceptors (Lipinski definition) is 5. The van der Waals surface area contributed by atoms with Crippen LogP contribution in [0.3, 0.4) is 0 Å². The molecule has 6 nitrogen and oxygen atoms in total. The molecule has 0 bridgehead atoms. The van der Waals surface area contributed by atoms with Gasteiger partial charge in [0.05, 0.1) is 18.5 Å². The molecule has 126 valence electrons. The lowest BCUT2D eigenvalue weighted by Gasteiger charge is -2.35. The molecule has 0 saturated carbocycles. The predicted molar refractivity (Wildman–Crippen MR) is 90.6 cm³/mol. The summed E-state index contributed by atoms with van der Waals surface area (Å²) >= 11 is 0. The Morgan fingerprint density at radius 3 is 2.96 bits per heavy atom. The lowest BCUT2D eigenvalue weighted by molar-refractivity contribution is 0.0528. The molecule has 2 aromatic rings. The number of pyridine rings is 1. The van der Waals surface area contributed by atoms with Crippen LogP contribution in [-0.4, -0.2) is 48.1 Å². The van der Waals surface area contributed by atoms with Crippen LogP contribution in [-0.2, 0) is 0 Å². The number of hydrogen-bond donors (Lipinski definition) is 1. The van der Waals surface area contributed by atoms with Crippen molar-refractivity contribution in [3.8, 4) is 5.75 Å². The first kappa shape index (κ1) is 19.3. The Hall–Kier alpha value is -1.76. The first-order chi connectivity index (χ1) is 10.3. The number of carbonyl (C=O) groups excluding carboxylic acids is 1. The van der Waals surface area contributed by atoms with E-state index in [9.17, 15) is 4.79 Å². The molecule has 23 heavy (non-hydrogen) atoms. The molecule has 3 heterocycles. The van der Waals surface area contributed by atoms with Gasteiger partial charge in [0.25, 0.3) is 5.91 Å². The highest BCUT2D eigenvalue weighted by Crippen LogP contribution is 2.13. The van der Waals surface area contributed by atoms with E-state index >= 15 is 0 Å². The van der Waals surface area contributed by atoms with Crippen LogP contribution in [0.25, 0.3) is 0 Å². The van der Waals surface area contributed by atoms with E-state index in [-0.39, 0.29) is 36.8 Å². The maximum absolute atomic E-state index is 12.4. The predicted octanol–water partition coefficient (Wildman–Crippen LogP) is 2.01. The topological polar surface area (TPSA) is 67.6 Å². The maximum atomic E-state index is 12.4. The van der Waals surface area contributed by atoms with Crippen molar-refractivity contribution >= 4 is 30.7 Å². The lowest BCUT2D eigenvalue weighted by Crippen LogP contribution is -2.55. The molecule has 1 fully saturated rings. The molecule has 1 saturated heterocycles. The second kappa shape index (κ2) is 9.39. The second-order valence-corrected chi connectivity index (χ2v) is 4.83. The second-order valence-electron chi connectivity index (χ2n) is 4.83. The summed E-state index contributed by atoms with van der Waals surface area (Å²) in [5.41, 5.74) is 0. The summed E-state index contributed by atoms with van der Waals surface area (Å²) in [7, 11) is 0. The molecule has 0 spiro atoms. The van der Waals surface area contributed by atoms with Gasteiger partial charge in [-0.25, -0.2) is 0 Å². The number of nitrogens with zero attached hydrogens (tertiary/aromatic N) is 2. The van der Waals surface area contributed by atoms with Crippen LogP contribution in [0.2, 0.25) is 0 Å². The molecule has 2 aromatic heterocycles. The fourth-order valence-electron chi connectivity index (χ4n) is 2.34. The number of aromatic nitrogens is 1. The van der Waals surface area contributed by atoms with Crippen LogP contribution in [0.5, 0.6) is 5.75 Å². The molecule has 1 atom stereocenters. The molecule has 0 radical (unpaired) electrons. The van der Waals surface area contributed by atoms with Gasteiger partial charge in [0, 0.05) is 25.8 Å². The number of rotatable bonds is 4. The van der Waals surface area contributed by atoms with E-state index in [1.807, 2.05) is 12.1 Å². The lowest BCUT2D eigenvalue weighted by atomic mass is 10.2. The molecule has 0 aromatic carbocycles. The zero-order valence-corrected chi connectivity index (χ0v) is 14.0. The fourth-order valence-corrected chi connectivity index (χ4v) is 2.34. The Morgan fingerprint density at radius 1 is 1.39 bits per heavy atom. The van der Waals surface area contributed by atoms with Crippen molar-refractivity contribution < 1.29 is 13.9 Å². The molecule has 3 rings (SSSR count). The van der Waals surface area contributed by atoms with Crippen molar-refractivity contribution in [1.29, 1.82) is 0 Å². The summed E-state index contributed by atoms with van der Waals surface area (Å²) in [4.78, 5) is 18.2. The monoisotopic (exact) mass is 359 g/mol. The number of carbonyl (C=O) groups is 1. The molecule has 1 unspecified atom stereocenters. The van der Waals surface area contributed by atoms with E-state index < -0.39 is 0 Å². The Kier molecular flexibility index (Phi) is 7.88. The Labute approximate surface area is 147 Å². The van der Waals surface area contributed by atoms with Crippen molar-refractivity contribution in [3.05, 3.63) is 48.7 Å². The molecule has 1 aliphatic rings. The number of amides is 1. The van der Waals surface area contributed by atoms with Crippen molar-refractivity contribution in [2.75, 3.05) is 26.2 Å². The molecule has 8 heteroatoms. The third kappa shape index (κ3) is 4.86. The fraction of sp³-hybridized carbons (Fsp3) is 0.333. The SMILES string of the molecule is Cl.Cl.O=C(c1ccco1)N1CCNCC1COc1cccnc1. The minimum atomic E-state index is -0.0960. The van der Waals surface area contributed by atoms with Crippen LogP contribution in [0.4, 0.5) is 0 Å². The van der Waals surface area contributed by atoms with Gasteiger partial charge in [-0.1, -0.05) is 0 Å². The maximum Gasteiger partial charge on any atom is 0.290 e. The number of halogens is 2. The zero-order chi connectivity index (χ0) is 14.5. The highest BCUT2D eigenvalue weighted by Gasteiger charge is 2.29. The Balaban J connectivity index is 0.00000132. The largest absolute Gasteiger partial charge is 0.490 e. The van der Waals surface area contributed by atoms with Gasteiger partial charge in [0.2, 0.25) is 0 Å². The van der Waals surface area contributed by atoms with Crippen molar-refractivity contribution in [2.24, 2.45) is 0 Å². The molecular weight excluding hydrogens is 341 g/mol. The van der Waals surface area contributed by atoms with Crippen LogP contribution in [0, 0.1) is 0 Å². The zero-order valence-electron chi connectivity index (χ0n) is 12.4. The number of furan rings is 1. The highest BCUT2D eigenvalue weighted by atomic mass is 35.5. The van der Waals surface area contributed by atoms with Gasteiger partial charge in [-0.3, -0.25) is 9.78 Å². The van der Waals surface area contributed by atoms with Crippen LogP contribution >= 0.6 is 24.8 Å². The number of ether oxygens (including phenoxy) is 1. The summed E-state index contributed by atoms with van der Waals surface area (Å²) in [5, 5.41) is 3.28. The smallest absolute Gasteiger partial charge is 0.290 e. The summed E-state index contributed by atoms with van der Waals surface area (Å²) in [5.74, 6) is 0.970. The summed E-state index contributed by atoms with van der Waals surface area (Å²) in [6.07, 6.45) is 4.87. The number of nitrogens with one attached hydrogen (secondary N) is 1. The van der Waals surface area contributed by atoms with Gasteiger partial charge in [0.15, 0.2) is 5.76 Å². The van der Waals surface area contributed by atoms with E-state index in [0.29, 0.717) is 31.2 Å². The molecule has 1 amide bonds. The standard InChI is InChI=1S/C15H17N3O3.2ClH/c19-15(14-4-2-8-20-14)18-7-6-17-9-12(18)11-21-13-3-1-5-16-10-13;;/h1-5,8,10,12,17H,6-7,9,11H2;2*1H. The van der Waals surface area contributed by atoms with Gasteiger partial charge in [0.1, 0.15) is 12.4 Å². The van der Waals surface area contributed by atoms with Gasteiger partial charge in [-0.2, -0.15) is 0 Å².